The van der Waals surface area contributed by atoms with E-state index in [1.165, 1.54) is 18.9 Å². The first-order chi connectivity index (χ1) is 12.5. The van der Waals surface area contributed by atoms with E-state index in [1.807, 2.05) is 24.3 Å². The lowest BCUT2D eigenvalue weighted by molar-refractivity contribution is -0.122. The van der Waals surface area contributed by atoms with E-state index >= 15 is 0 Å². The fraction of sp³-hybridized carbons (Fsp3) is 0.350. The van der Waals surface area contributed by atoms with Crippen molar-refractivity contribution in [3.05, 3.63) is 59.7 Å². The van der Waals surface area contributed by atoms with Crippen LogP contribution in [-0.2, 0) is 11.3 Å². The summed E-state index contributed by atoms with van der Waals surface area (Å²) in [5, 5.41) is 2.87. The number of hydrogen-bond acceptors (Lipinski definition) is 3. The van der Waals surface area contributed by atoms with Crippen LogP contribution in [-0.4, -0.2) is 30.0 Å². The number of nitrogens with one attached hydrogen (secondary N) is 1. The van der Waals surface area contributed by atoms with Crippen LogP contribution < -0.4 is 10.1 Å². The second-order valence-electron chi connectivity index (χ2n) is 6.47. The van der Waals surface area contributed by atoms with Crippen molar-refractivity contribution in [2.24, 2.45) is 0 Å². The number of anilines is 1. The van der Waals surface area contributed by atoms with E-state index < -0.39 is 17.7 Å². The highest BCUT2D eigenvalue weighted by atomic mass is 19.2. The minimum absolute atomic E-state index is 0.108. The van der Waals surface area contributed by atoms with Gasteiger partial charge in [0.2, 0.25) is 0 Å². The van der Waals surface area contributed by atoms with Crippen LogP contribution >= 0.6 is 0 Å². The molecule has 2 aromatic rings. The van der Waals surface area contributed by atoms with Gasteiger partial charge in [-0.2, -0.15) is 0 Å². The van der Waals surface area contributed by atoms with Gasteiger partial charge in [0.15, 0.2) is 17.7 Å². The Balaban J connectivity index is 1.64. The molecule has 0 saturated carbocycles. The van der Waals surface area contributed by atoms with Crippen molar-refractivity contribution < 1.29 is 18.3 Å². The van der Waals surface area contributed by atoms with Crippen molar-refractivity contribution in [2.45, 2.75) is 32.4 Å². The third-order valence-corrected chi connectivity index (χ3v) is 4.44. The van der Waals surface area contributed by atoms with Crippen LogP contribution in [0, 0.1) is 11.6 Å². The Morgan fingerprint density at radius 1 is 1.15 bits per heavy atom. The average molecular weight is 360 g/mol. The van der Waals surface area contributed by atoms with Gasteiger partial charge in [0.05, 0.1) is 0 Å². The highest BCUT2D eigenvalue weighted by Gasteiger charge is 2.18. The van der Waals surface area contributed by atoms with E-state index in [4.69, 9.17) is 4.74 Å². The Labute approximate surface area is 151 Å². The monoisotopic (exact) mass is 360 g/mol. The van der Waals surface area contributed by atoms with Crippen LogP contribution in [0.2, 0.25) is 0 Å². The minimum atomic E-state index is -1.01. The number of hydrogen-bond donors (Lipinski definition) is 1. The number of rotatable bonds is 6. The van der Waals surface area contributed by atoms with E-state index in [0.29, 0.717) is 0 Å². The summed E-state index contributed by atoms with van der Waals surface area (Å²) >= 11 is 0. The molecule has 0 aromatic heterocycles. The van der Waals surface area contributed by atoms with E-state index in [9.17, 15) is 13.6 Å². The molecule has 0 bridgehead atoms. The number of nitrogens with zero attached hydrogens (tertiary/aromatic N) is 1. The highest BCUT2D eigenvalue weighted by molar-refractivity contribution is 5.94. The first-order valence-corrected chi connectivity index (χ1v) is 8.76. The summed E-state index contributed by atoms with van der Waals surface area (Å²) < 4.78 is 31.7. The van der Waals surface area contributed by atoms with Crippen LogP contribution in [0.3, 0.4) is 0 Å². The summed E-state index contributed by atoms with van der Waals surface area (Å²) in [4.78, 5) is 14.8. The maximum absolute atomic E-state index is 13.3. The molecule has 0 spiro atoms. The van der Waals surface area contributed by atoms with Crippen molar-refractivity contribution >= 4 is 11.6 Å². The number of amides is 1. The zero-order chi connectivity index (χ0) is 18.5. The van der Waals surface area contributed by atoms with E-state index in [0.717, 1.165) is 43.0 Å². The largest absolute Gasteiger partial charge is 0.481 e. The number of halogens is 2. The molecule has 1 aliphatic heterocycles. The predicted octanol–water partition coefficient (Wildman–Crippen LogP) is 3.97. The number of para-hydroxylation sites is 1. The Morgan fingerprint density at radius 2 is 1.88 bits per heavy atom. The molecule has 1 saturated heterocycles. The van der Waals surface area contributed by atoms with E-state index in [1.54, 1.807) is 6.92 Å². The lowest BCUT2D eigenvalue weighted by atomic mass is 10.1. The number of carbonyl (C=O) groups is 1. The minimum Gasteiger partial charge on any atom is -0.481 e. The Bertz CT molecular complexity index is 776. The molecule has 6 heteroatoms. The van der Waals surface area contributed by atoms with Gasteiger partial charge in [-0.1, -0.05) is 18.2 Å². The first-order valence-electron chi connectivity index (χ1n) is 8.76. The van der Waals surface area contributed by atoms with Gasteiger partial charge in [0.25, 0.3) is 5.91 Å². The maximum Gasteiger partial charge on any atom is 0.265 e. The molecule has 1 N–H and O–H groups in total. The summed E-state index contributed by atoms with van der Waals surface area (Å²) in [6.07, 6.45) is 1.56. The molecule has 1 unspecified atom stereocenters. The molecule has 1 amide bonds. The third kappa shape index (κ3) is 4.58. The van der Waals surface area contributed by atoms with E-state index in [2.05, 4.69) is 10.2 Å². The van der Waals surface area contributed by atoms with Crippen LogP contribution in [0.1, 0.15) is 25.3 Å². The smallest absolute Gasteiger partial charge is 0.265 e. The predicted molar refractivity (Wildman–Crippen MR) is 96.0 cm³/mol. The quantitative estimate of drug-likeness (QED) is 0.848. The summed E-state index contributed by atoms with van der Waals surface area (Å²) in [7, 11) is 0. The molecular formula is C20H22F2N2O2. The number of likely N-dealkylation sites (tertiary alicyclic amines) is 1. The van der Waals surface area contributed by atoms with Gasteiger partial charge in [-0.25, -0.2) is 8.78 Å². The van der Waals surface area contributed by atoms with E-state index in [-0.39, 0.29) is 11.7 Å². The molecule has 0 radical (unpaired) electrons. The number of carbonyl (C=O) groups excluding carboxylic acids is 1. The van der Waals surface area contributed by atoms with Crippen LogP contribution in [0.5, 0.6) is 5.75 Å². The van der Waals surface area contributed by atoms with Crippen molar-refractivity contribution in [3.63, 3.8) is 0 Å². The molecule has 1 atom stereocenters. The number of benzene rings is 2. The molecule has 1 heterocycles. The Morgan fingerprint density at radius 3 is 2.62 bits per heavy atom. The third-order valence-electron chi connectivity index (χ3n) is 4.44. The lowest BCUT2D eigenvalue weighted by Gasteiger charge is -2.19. The molecule has 1 fully saturated rings. The fourth-order valence-corrected chi connectivity index (χ4v) is 3.00. The molecule has 3 rings (SSSR count). The van der Waals surface area contributed by atoms with Gasteiger partial charge in [-0.3, -0.25) is 9.69 Å². The topological polar surface area (TPSA) is 41.6 Å². The summed E-state index contributed by atoms with van der Waals surface area (Å²) in [6.45, 7) is 4.49. The highest BCUT2D eigenvalue weighted by Crippen LogP contribution is 2.21. The zero-order valence-corrected chi connectivity index (χ0v) is 14.7. The molecular weight excluding hydrogens is 338 g/mol. The fourth-order valence-electron chi connectivity index (χ4n) is 3.00. The molecule has 2 aromatic carbocycles. The lowest BCUT2D eigenvalue weighted by Crippen LogP contribution is -2.31. The van der Waals surface area contributed by atoms with Gasteiger partial charge in [-0.15, -0.1) is 0 Å². The SMILES string of the molecule is CC(Oc1ccc(F)c(F)c1)C(=O)Nc1ccccc1CN1CCCC1. The molecule has 138 valence electrons. The first kappa shape index (κ1) is 18.3. The second kappa shape index (κ2) is 8.27. The maximum atomic E-state index is 13.3. The van der Waals surface area contributed by atoms with Gasteiger partial charge in [0.1, 0.15) is 5.75 Å². The standard InChI is InChI=1S/C20H22F2N2O2/c1-14(26-16-8-9-17(21)18(22)12-16)20(25)23-19-7-3-2-6-15(19)13-24-10-4-5-11-24/h2-3,6-9,12,14H,4-5,10-11,13H2,1H3,(H,23,25). The van der Waals surface area contributed by atoms with Crippen molar-refractivity contribution in [1.82, 2.24) is 4.90 Å². The Hall–Kier alpha value is -2.47. The van der Waals surface area contributed by atoms with Crippen molar-refractivity contribution in [1.29, 1.82) is 0 Å². The average Bonchev–Trinajstić information content (AvgIpc) is 3.13. The Kier molecular flexibility index (Phi) is 5.83. The normalized spacial score (nSPS) is 15.7. The summed E-state index contributed by atoms with van der Waals surface area (Å²) in [6, 6.07) is 10.9. The van der Waals surface area contributed by atoms with Gasteiger partial charge in [-0.05, 0) is 56.6 Å². The molecule has 1 aliphatic rings. The second-order valence-corrected chi connectivity index (χ2v) is 6.47. The zero-order valence-electron chi connectivity index (χ0n) is 14.7. The number of ether oxygens (including phenoxy) is 1. The summed E-state index contributed by atoms with van der Waals surface area (Å²) in [5.41, 5.74) is 1.79. The van der Waals surface area contributed by atoms with Gasteiger partial charge < -0.3 is 10.1 Å². The van der Waals surface area contributed by atoms with Gasteiger partial charge in [0, 0.05) is 18.3 Å². The molecule has 26 heavy (non-hydrogen) atoms. The molecule has 4 nitrogen and oxygen atoms in total. The molecule has 0 aliphatic carbocycles. The summed E-state index contributed by atoms with van der Waals surface area (Å²) in [5.74, 6) is -2.20. The van der Waals surface area contributed by atoms with Crippen LogP contribution in [0.15, 0.2) is 42.5 Å². The van der Waals surface area contributed by atoms with Crippen LogP contribution in [0.25, 0.3) is 0 Å². The van der Waals surface area contributed by atoms with Crippen LogP contribution in [0.4, 0.5) is 14.5 Å². The van der Waals surface area contributed by atoms with Gasteiger partial charge >= 0.3 is 0 Å². The van der Waals surface area contributed by atoms with Crippen molar-refractivity contribution in [2.75, 3.05) is 18.4 Å². The van der Waals surface area contributed by atoms with Crippen molar-refractivity contribution in [3.8, 4) is 5.75 Å².